The Balaban J connectivity index is 2.02. The number of ether oxygens (including phenoxy) is 1. The van der Waals surface area contributed by atoms with E-state index in [0.717, 1.165) is 18.7 Å². The summed E-state index contributed by atoms with van der Waals surface area (Å²) in [6.07, 6.45) is 0.776. The Labute approximate surface area is 120 Å². The number of nitrogens with zero attached hydrogens (tertiary/aromatic N) is 1. The molecule has 0 unspecified atom stereocenters. The summed E-state index contributed by atoms with van der Waals surface area (Å²) in [4.78, 5) is 2.29. The third-order valence-electron chi connectivity index (χ3n) is 3.01. The molecule has 1 aliphatic heterocycles. The predicted octanol–water partition coefficient (Wildman–Crippen LogP) is 0.721. The topological polar surface area (TPSA) is 70.7 Å². The first-order valence-electron chi connectivity index (χ1n) is 6.64. The van der Waals surface area contributed by atoms with Crippen LogP contribution < -0.4 is 14.8 Å². The number of benzene rings is 1. The molecule has 1 heterocycles. The zero-order valence-electron chi connectivity index (χ0n) is 11.8. The van der Waals surface area contributed by atoms with Gasteiger partial charge in [-0.1, -0.05) is 0 Å². The highest BCUT2D eigenvalue weighted by atomic mass is 32.2. The molecule has 0 fully saturated rings. The lowest BCUT2D eigenvalue weighted by Gasteiger charge is -2.19. The van der Waals surface area contributed by atoms with E-state index in [2.05, 4.69) is 10.0 Å². The molecule has 0 saturated carbocycles. The van der Waals surface area contributed by atoms with Crippen LogP contribution in [-0.2, 0) is 10.0 Å². The van der Waals surface area contributed by atoms with Crippen LogP contribution in [0.1, 0.15) is 6.42 Å². The van der Waals surface area contributed by atoms with Crippen LogP contribution in [0.4, 0.5) is 5.69 Å². The molecule has 0 amide bonds. The highest BCUT2D eigenvalue weighted by molar-refractivity contribution is 7.89. The van der Waals surface area contributed by atoms with Crippen molar-refractivity contribution in [3.63, 3.8) is 0 Å². The first-order valence-corrected chi connectivity index (χ1v) is 8.12. The average Bonchev–Trinajstić information content (AvgIpc) is 2.43. The number of nitrogens with one attached hydrogen (secondary N) is 2. The van der Waals surface area contributed by atoms with Gasteiger partial charge in [-0.05, 0) is 45.3 Å². The van der Waals surface area contributed by atoms with Gasteiger partial charge in [0.25, 0.3) is 0 Å². The summed E-state index contributed by atoms with van der Waals surface area (Å²) in [6.45, 7) is 2.57. The van der Waals surface area contributed by atoms with E-state index in [1.54, 1.807) is 18.2 Å². The SMILES string of the molecule is CN(C)CCCNS(=O)(=O)c1ccc2c(c1)NCCO2. The molecule has 0 saturated heterocycles. The maximum Gasteiger partial charge on any atom is 0.240 e. The third-order valence-corrected chi connectivity index (χ3v) is 4.47. The summed E-state index contributed by atoms with van der Waals surface area (Å²) in [6, 6.07) is 4.87. The summed E-state index contributed by atoms with van der Waals surface area (Å²) < 4.78 is 32.4. The van der Waals surface area contributed by atoms with Crippen LogP contribution in [0.5, 0.6) is 5.75 Å². The normalized spacial score (nSPS) is 14.6. The molecule has 1 aliphatic rings. The fourth-order valence-corrected chi connectivity index (χ4v) is 3.07. The van der Waals surface area contributed by atoms with Crippen molar-refractivity contribution in [3.05, 3.63) is 18.2 Å². The summed E-state index contributed by atoms with van der Waals surface area (Å²) in [5.41, 5.74) is 0.729. The van der Waals surface area contributed by atoms with Gasteiger partial charge in [-0.15, -0.1) is 0 Å². The van der Waals surface area contributed by atoms with E-state index in [4.69, 9.17) is 4.74 Å². The Bertz CT molecular complexity index is 558. The van der Waals surface area contributed by atoms with E-state index in [1.807, 2.05) is 19.0 Å². The van der Waals surface area contributed by atoms with E-state index >= 15 is 0 Å². The largest absolute Gasteiger partial charge is 0.490 e. The average molecular weight is 299 g/mol. The first-order chi connectivity index (χ1) is 9.49. The number of fused-ring (bicyclic) bond motifs is 1. The molecular formula is C13H21N3O3S. The van der Waals surface area contributed by atoms with Crippen molar-refractivity contribution in [3.8, 4) is 5.75 Å². The first kappa shape index (κ1) is 15.1. The van der Waals surface area contributed by atoms with E-state index in [9.17, 15) is 8.42 Å². The molecule has 7 heteroatoms. The van der Waals surface area contributed by atoms with Gasteiger partial charge in [0.2, 0.25) is 10.0 Å². The lowest BCUT2D eigenvalue weighted by atomic mass is 10.2. The molecule has 0 spiro atoms. The summed E-state index contributed by atoms with van der Waals surface area (Å²) in [5.74, 6) is 0.697. The van der Waals surface area contributed by atoms with Crippen LogP contribution in [-0.4, -0.2) is 53.7 Å². The second-order valence-electron chi connectivity index (χ2n) is 4.99. The van der Waals surface area contributed by atoms with Gasteiger partial charge < -0.3 is 15.0 Å². The fraction of sp³-hybridized carbons (Fsp3) is 0.538. The molecular weight excluding hydrogens is 278 g/mol. The van der Waals surface area contributed by atoms with E-state index in [1.165, 1.54) is 0 Å². The van der Waals surface area contributed by atoms with E-state index in [0.29, 0.717) is 25.4 Å². The van der Waals surface area contributed by atoms with Gasteiger partial charge >= 0.3 is 0 Å². The molecule has 1 aromatic rings. The highest BCUT2D eigenvalue weighted by Crippen LogP contribution is 2.29. The predicted molar refractivity (Wildman–Crippen MR) is 78.8 cm³/mol. The summed E-state index contributed by atoms with van der Waals surface area (Å²) >= 11 is 0. The monoisotopic (exact) mass is 299 g/mol. The van der Waals surface area contributed by atoms with E-state index < -0.39 is 10.0 Å². The van der Waals surface area contributed by atoms with Crippen molar-refractivity contribution < 1.29 is 13.2 Å². The van der Waals surface area contributed by atoms with Gasteiger partial charge in [0, 0.05) is 13.1 Å². The van der Waals surface area contributed by atoms with Crippen LogP contribution in [0.15, 0.2) is 23.1 Å². The molecule has 0 radical (unpaired) electrons. The van der Waals surface area contributed by atoms with Gasteiger partial charge in [-0.25, -0.2) is 13.1 Å². The molecule has 0 atom stereocenters. The number of hydrogen-bond donors (Lipinski definition) is 2. The molecule has 20 heavy (non-hydrogen) atoms. The smallest absolute Gasteiger partial charge is 0.240 e. The van der Waals surface area contributed by atoms with Crippen molar-refractivity contribution in [1.82, 2.24) is 9.62 Å². The van der Waals surface area contributed by atoms with Crippen LogP contribution in [0.25, 0.3) is 0 Å². The Morgan fingerprint density at radius 3 is 2.95 bits per heavy atom. The molecule has 112 valence electrons. The zero-order chi connectivity index (χ0) is 14.6. The van der Waals surface area contributed by atoms with Crippen molar-refractivity contribution in [1.29, 1.82) is 0 Å². The molecule has 0 aliphatic carbocycles. The minimum atomic E-state index is -3.46. The van der Waals surface area contributed by atoms with E-state index in [-0.39, 0.29) is 4.90 Å². The van der Waals surface area contributed by atoms with Crippen molar-refractivity contribution in [2.75, 3.05) is 45.7 Å². The van der Waals surface area contributed by atoms with Gasteiger partial charge in [0.05, 0.1) is 10.6 Å². The van der Waals surface area contributed by atoms with Crippen molar-refractivity contribution in [2.24, 2.45) is 0 Å². The molecule has 2 N–H and O–H groups in total. The lowest BCUT2D eigenvalue weighted by molar-refractivity contribution is 0.323. The summed E-state index contributed by atoms with van der Waals surface area (Å²) in [7, 11) is 0.468. The zero-order valence-corrected chi connectivity index (χ0v) is 12.7. The molecule has 1 aromatic carbocycles. The molecule has 0 aromatic heterocycles. The Morgan fingerprint density at radius 2 is 2.20 bits per heavy atom. The second-order valence-corrected chi connectivity index (χ2v) is 6.75. The van der Waals surface area contributed by atoms with Crippen molar-refractivity contribution >= 4 is 15.7 Å². The molecule has 0 bridgehead atoms. The number of rotatable bonds is 6. The lowest BCUT2D eigenvalue weighted by Crippen LogP contribution is -2.27. The van der Waals surface area contributed by atoms with Gasteiger partial charge in [-0.2, -0.15) is 0 Å². The van der Waals surface area contributed by atoms with Gasteiger partial charge in [0.15, 0.2) is 0 Å². The number of sulfonamides is 1. The maximum absolute atomic E-state index is 12.2. The fourth-order valence-electron chi connectivity index (χ4n) is 1.97. The number of hydrogen-bond acceptors (Lipinski definition) is 5. The quantitative estimate of drug-likeness (QED) is 0.758. The molecule has 6 nitrogen and oxygen atoms in total. The molecule has 2 rings (SSSR count). The Hall–Kier alpha value is -1.31. The number of anilines is 1. The van der Waals surface area contributed by atoms with Crippen LogP contribution in [0.2, 0.25) is 0 Å². The van der Waals surface area contributed by atoms with Gasteiger partial charge in [-0.3, -0.25) is 0 Å². The Morgan fingerprint density at radius 1 is 1.40 bits per heavy atom. The minimum absolute atomic E-state index is 0.263. The van der Waals surface area contributed by atoms with Crippen LogP contribution in [0, 0.1) is 0 Å². The second kappa shape index (κ2) is 6.43. The van der Waals surface area contributed by atoms with Crippen LogP contribution in [0.3, 0.4) is 0 Å². The highest BCUT2D eigenvalue weighted by Gasteiger charge is 2.17. The van der Waals surface area contributed by atoms with Gasteiger partial charge in [0.1, 0.15) is 12.4 Å². The van der Waals surface area contributed by atoms with Crippen molar-refractivity contribution in [2.45, 2.75) is 11.3 Å². The third kappa shape index (κ3) is 3.84. The maximum atomic E-state index is 12.2. The summed E-state index contributed by atoms with van der Waals surface area (Å²) in [5, 5.41) is 3.13. The Kier molecular flexibility index (Phi) is 4.85. The minimum Gasteiger partial charge on any atom is -0.490 e. The standard InChI is InChI=1S/C13H21N3O3S/c1-16(2)8-3-6-15-20(17,18)11-4-5-13-12(10-11)14-7-9-19-13/h4-5,10,14-15H,3,6-9H2,1-2H3. The van der Waals surface area contributed by atoms with Crippen LogP contribution >= 0.6 is 0 Å².